The molecule has 3 rings (SSSR count). The summed E-state index contributed by atoms with van der Waals surface area (Å²) < 4.78 is 30.8. The first kappa shape index (κ1) is 15.1. The molecule has 1 aromatic heterocycles. The number of carbonyl (C=O) groups is 2. The van der Waals surface area contributed by atoms with Gasteiger partial charge in [-0.25, -0.2) is 8.78 Å². The summed E-state index contributed by atoms with van der Waals surface area (Å²) >= 11 is 0. The molecule has 0 spiro atoms. The average Bonchev–Trinajstić information content (AvgIpc) is 2.88. The van der Waals surface area contributed by atoms with E-state index in [1.807, 2.05) is 0 Å². The second-order valence-corrected chi connectivity index (χ2v) is 5.35. The van der Waals surface area contributed by atoms with Crippen molar-refractivity contribution in [3.63, 3.8) is 0 Å². The van der Waals surface area contributed by atoms with E-state index in [0.29, 0.717) is 5.76 Å². The number of nitrogens with zero attached hydrogens (tertiary/aromatic N) is 2. The second-order valence-electron chi connectivity index (χ2n) is 5.35. The first-order valence-corrected chi connectivity index (χ1v) is 6.92. The fraction of sp³-hybridized carbons (Fsp3) is 0.267. The molecule has 1 N–H and O–H groups in total. The van der Waals surface area contributed by atoms with Crippen molar-refractivity contribution in [3.8, 4) is 0 Å². The highest BCUT2D eigenvalue weighted by Crippen LogP contribution is 2.21. The Morgan fingerprint density at radius 1 is 1.26 bits per heavy atom. The van der Waals surface area contributed by atoms with Crippen molar-refractivity contribution in [2.24, 2.45) is 5.92 Å². The van der Waals surface area contributed by atoms with Crippen LogP contribution in [0.3, 0.4) is 0 Å². The molecule has 0 atom stereocenters. The third kappa shape index (κ3) is 3.05. The first-order chi connectivity index (χ1) is 10.9. The SMILES string of the molecule is Cc1cc(C(=O)N2CC(C(=O)Nc3ccc(F)c(F)c3)C2)no1. The number of aryl methyl sites for hydroxylation is 1. The molecule has 0 unspecified atom stereocenters. The van der Waals surface area contributed by atoms with Crippen molar-refractivity contribution in [1.82, 2.24) is 10.1 Å². The van der Waals surface area contributed by atoms with Gasteiger partial charge in [0.15, 0.2) is 17.3 Å². The number of hydrogen-bond acceptors (Lipinski definition) is 4. The second kappa shape index (κ2) is 5.79. The molecule has 23 heavy (non-hydrogen) atoms. The van der Waals surface area contributed by atoms with E-state index < -0.39 is 17.6 Å². The van der Waals surface area contributed by atoms with E-state index in [1.165, 1.54) is 17.0 Å². The summed E-state index contributed by atoms with van der Waals surface area (Å²) in [5.74, 6) is -2.54. The van der Waals surface area contributed by atoms with Crippen molar-refractivity contribution < 1.29 is 22.9 Å². The number of anilines is 1. The zero-order valence-corrected chi connectivity index (χ0v) is 12.2. The van der Waals surface area contributed by atoms with Gasteiger partial charge in [-0.15, -0.1) is 0 Å². The largest absolute Gasteiger partial charge is 0.361 e. The number of rotatable bonds is 3. The summed E-state index contributed by atoms with van der Waals surface area (Å²) in [5, 5.41) is 6.13. The third-order valence-corrected chi connectivity index (χ3v) is 3.57. The molecule has 2 amide bonds. The highest BCUT2D eigenvalue weighted by Gasteiger charge is 2.37. The van der Waals surface area contributed by atoms with Gasteiger partial charge in [-0.05, 0) is 19.1 Å². The van der Waals surface area contributed by atoms with Gasteiger partial charge in [-0.3, -0.25) is 9.59 Å². The van der Waals surface area contributed by atoms with Gasteiger partial charge in [-0.1, -0.05) is 5.16 Å². The molecule has 120 valence electrons. The van der Waals surface area contributed by atoms with Crippen LogP contribution in [-0.2, 0) is 4.79 Å². The molecular formula is C15H13F2N3O3. The smallest absolute Gasteiger partial charge is 0.276 e. The average molecular weight is 321 g/mol. The highest BCUT2D eigenvalue weighted by molar-refractivity contribution is 5.97. The molecule has 1 aliphatic rings. The summed E-state index contributed by atoms with van der Waals surface area (Å²) in [6.45, 7) is 2.15. The Morgan fingerprint density at radius 2 is 2.00 bits per heavy atom. The Balaban J connectivity index is 1.55. The maximum absolute atomic E-state index is 13.1. The van der Waals surface area contributed by atoms with Gasteiger partial charge in [0, 0.05) is 30.9 Å². The summed E-state index contributed by atoms with van der Waals surface area (Å²) in [6, 6.07) is 4.65. The van der Waals surface area contributed by atoms with Crippen molar-refractivity contribution in [2.75, 3.05) is 18.4 Å². The predicted octanol–water partition coefficient (Wildman–Crippen LogP) is 1.97. The highest BCUT2D eigenvalue weighted by atomic mass is 19.2. The van der Waals surface area contributed by atoms with Crippen LogP contribution in [0.25, 0.3) is 0 Å². The molecule has 1 fully saturated rings. The molecule has 0 aliphatic carbocycles. The number of nitrogens with one attached hydrogen (secondary N) is 1. The van der Waals surface area contributed by atoms with Crippen molar-refractivity contribution in [3.05, 3.63) is 47.4 Å². The standard InChI is InChI=1S/C15H13F2N3O3/c1-8-4-13(19-23-8)15(22)20-6-9(7-20)14(21)18-10-2-3-11(16)12(17)5-10/h2-5,9H,6-7H2,1H3,(H,18,21). The Bertz CT molecular complexity index is 769. The van der Waals surface area contributed by atoms with E-state index in [-0.39, 0.29) is 36.3 Å². The van der Waals surface area contributed by atoms with Gasteiger partial charge in [-0.2, -0.15) is 0 Å². The molecule has 0 radical (unpaired) electrons. The van der Waals surface area contributed by atoms with Gasteiger partial charge >= 0.3 is 0 Å². The Labute approximate surface area is 130 Å². The number of halogens is 2. The molecular weight excluding hydrogens is 308 g/mol. The van der Waals surface area contributed by atoms with Crippen LogP contribution in [0, 0.1) is 24.5 Å². The lowest BCUT2D eigenvalue weighted by molar-refractivity contribution is -0.123. The molecule has 6 nitrogen and oxygen atoms in total. The van der Waals surface area contributed by atoms with Crippen LogP contribution in [-0.4, -0.2) is 35.0 Å². The predicted molar refractivity (Wildman–Crippen MR) is 75.6 cm³/mol. The third-order valence-electron chi connectivity index (χ3n) is 3.57. The normalized spacial score (nSPS) is 14.5. The Kier molecular flexibility index (Phi) is 3.81. The maximum Gasteiger partial charge on any atom is 0.276 e. The van der Waals surface area contributed by atoms with Gasteiger partial charge in [0.2, 0.25) is 5.91 Å². The van der Waals surface area contributed by atoms with Crippen LogP contribution >= 0.6 is 0 Å². The lowest BCUT2D eigenvalue weighted by Gasteiger charge is -2.37. The minimum absolute atomic E-state index is 0.172. The van der Waals surface area contributed by atoms with E-state index in [9.17, 15) is 18.4 Å². The van der Waals surface area contributed by atoms with Crippen molar-refractivity contribution in [2.45, 2.75) is 6.92 Å². The molecule has 1 saturated heterocycles. The topological polar surface area (TPSA) is 75.4 Å². The van der Waals surface area contributed by atoms with Crippen molar-refractivity contribution in [1.29, 1.82) is 0 Å². The summed E-state index contributed by atoms with van der Waals surface area (Å²) in [4.78, 5) is 25.5. The monoisotopic (exact) mass is 321 g/mol. The Hall–Kier alpha value is -2.77. The summed E-state index contributed by atoms with van der Waals surface area (Å²) in [7, 11) is 0. The zero-order valence-electron chi connectivity index (χ0n) is 12.2. The van der Waals surface area contributed by atoms with Gasteiger partial charge < -0.3 is 14.7 Å². The van der Waals surface area contributed by atoms with E-state index in [1.54, 1.807) is 6.92 Å². The minimum Gasteiger partial charge on any atom is -0.361 e. The van der Waals surface area contributed by atoms with Crippen LogP contribution < -0.4 is 5.32 Å². The molecule has 0 bridgehead atoms. The fourth-order valence-corrected chi connectivity index (χ4v) is 2.26. The quantitative estimate of drug-likeness (QED) is 0.938. The Morgan fingerprint density at radius 3 is 2.61 bits per heavy atom. The lowest BCUT2D eigenvalue weighted by Crippen LogP contribution is -2.54. The minimum atomic E-state index is -1.03. The fourth-order valence-electron chi connectivity index (χ4n) is 2.26. The van der Waals surface area contributed by atoms with Crippen LogP contribution in [0.1, 0.15) is 16.2 Å². The van der Waals surface area contributed by atoms with Crippen LogP contribution in [0.15, 0.2) is 28.8 Å². The molecule has 2 aromatic rings. The molecule has 8 heteroatoms. The van der Waals surface area contributed by atoms with Crippen LogP contribution in [0.4, 0.5) is 14.5 Å². The molecule has 2 heterocycles. The van der Waals surface area contributed by atoms with E-state index in [0.717, 1.165) is 12.1 Å². The van der Waals surface area contributed by atoms with Gasteiger partial charge in [0.25, 0.3) is 5.91 Å². The number of amides is 2. The summed E-state index contributed by atoms with van der Waals surface area (Å²) in [5.41, 5.74) is 0.368. The zero-order chi connectivity index (χ0) is 16.6. The lowest BCUT2D eigenvalue weighted by atomic mass is 9.98. The number of likely N-dealkylation sites (tertiary alicyclic amines) is 1. The van der Waals surface area contributed by atoms with Crippen LogP contribution in [0.2, 0.25) is 0 Å². The number of aromatic nitrogens is 1. The van der Waals surface area contributed by atoms with Crippen LogP contribution in [0.5, 0.6) is 0 Å². The maximum atomic E-state index is 13.1. The van der Waals surface area contributed by atoms with Gasteiger partial charge in [0.05, 0.1) is 5.92 Å². The van der Waals surface area contributed by atoms with Gasteiger partial charge in [0.1, 0.15) is 5.76 Å². The number of hydrogen-bond donors (Lipinski definition) is 1. The number of carbonyl (C=O) groups excluding carboxylic acids is 2. The van der Waals surface area contributed by atoms with E-state index in [2.05, 4.69) is 10.5 Å². The van der Waals surface area contributed by atoms with Crippen molar-refractivity contribution >= 4 is 17.5 Å². The van der Waals surface area contributed by atoms with E-state index >= 15 is 0 Å². The first-order valence-electron chi connectivity index (χ1n) is 6.92. The number of benzene rings is 1. The summed E-state index contributed by atoms with van der Waals surface area (Å²) in [6.07, 6.45) is 0. The molecule has 1 aliphatic heterocycles. The molecule has 1 aromatic carbocycles. The van der Waals surface area contributed by atoms with E-state index in [4.69, 9.17) is 4.52 Å². The molecule has 0 saturated carbocycles.